The van der Waals surface area contributed by atoms with E-state index in [1.807, 2.05) is 32.0 Å². The quantitative estimate of drug-likeness (QED) is 0.924. The second kappa shape index (κ2) is 6.05. The van der Waals surface area contributed by atoms with E-state index in [1.165, 1.54) is 6.20 Å². The minimum Gasteiger partial charge on any atom is -0.322 e. The summed E-state index contributed by atoms with van der Waals surface area (Å²) in [5.41, 5.74) is 4.00. The third-order valence-electron chi connectivity index (χ3n) is 4.48. The van der Waals surface area contributed by atoms with Gasteiger partial charge in [-0.1, -0.05) is 12.1 Å². The molecule has 1 aromatic heterocycles. The topological polar surface area (TPSA) is 81.1 Å². The maximum atomic E-state index is 12.6. The number of carbonyl (C=O) groups is 1. The van der Waals surface area contributed by atoms with Crippen LogP contribution in [0.25, 0.3) is 0 Å². The fourth-order valence-electron chi connectivity index (χ4n) is 3.04. The van der Waals surface area contributed by atoms with Crippen molar-refractivity contribution in [1.29, 1.82) is 0 Å². The SMILES string of the molecule is Cc1ccc(C)c(NC(=O)c2cnn(C3CCS(=O)(=O)C3)c2C)c1. The molecule has 0 bridgehead atoms. The lowest BCUT2D eigenvalue weighted by atomic mass is 10.1. The largest absolute Gasteiger partial charge is 0.322 e. The number of benzene rings is 1. The van der Waals surface area contributed by atoms with Crippen molar-refractivity contribution in [2.24, 2.45) is 0 Å². The molecule has 2 heterocycles. The molecule has 2 aromatic rings. The van der Waals surface area contributed by atoms with E-state index >= 15 is 0 Å². The van der Waals surface area contributed by atoms with Gasteiger partial charge in [-0.25, -0.2) is 8.42 Å². The first-order valence-corrected chi connectivity index (χ1v) is 9.72. The van der Waals surface area contributed by atoms with Crippen molar-refractivity contribution in [1.82, 2.24) is 9.78 Å². The minimum atomic E-state index is -2.99. The van der Waals surface area contributed by atoms with E-state index < -0.39 is 9.84 Å². The zero-order chi connectivity index (χ0) is 17.5. The molecule has 1 unspecified atom stereocenters. The number of carbonyl (C=O) groups excluding carboxylic acids is 1. The number of amides is 1. The molecule has 24 heavy (non-hydrogen) atoms. The average molecular weight is 347 g/mol. The van der Waals surface area contributed by atoms with E-state index in [2.05, 4.69) is 10.4 Å². The fraction of sp³-hybridized carbons (Fsp3) is 0.412. The first-order valence-electron chi connectivity index (χ1n) is 7.90. The molecule has 0 aliphatic carbocycles. The Bertz CT molecular complexity index is 900. The van der Waals surface area contributed by atoms with E-state index in [0.29, 0.717) is 17.7 Å². The van der Waals surface area contributed by atoms with Gasteiger partial charge in [0, 0.05) is 11.4 Å². The monoisotopic (exact) mass is 347 g/mol. The molecule has 3 rings (SSSR count). The van der Waals surface area contributed by atoms with Gasteiger partial charge in [-0.3, -0.25) is 9.48 Å². The zero-order valence-corrected chi connectivity index (χ0v) is 14.9. The summed E-state index contributed by atoms with van der Waals surface area (Å²) in [5, 5.41) is 7.18. The Morgan fingerprint density at radius 2 is 2.04 bits per heavy atom. The summed E-state index contributed by atoms with van der Waals surface area (Å²) >= 11 is 0. The molecule has 1 N–H and O–H groups in total. The molecular formula is C17H21N3O3S. The zero-order valence-electron chi connectivity index (χ0n) is 14.0. The van der Waals surface area contributed by atoms with Crippen molar-refractivity contribution < 1.29 is 13.2 Å². The number of aryl methyl sites for hydroxylation is 2. The van der Waals surface area contributed by atoms with Gasteiger partial charge in [0.05, 0.1) is 29.3 Å². The fourth-order valence-corrected chi connectivity index (χ4v) is 4.73. The lowest BCUT2D eigenvalue weighted by Crippen LogP contribution is -2.17. The van der Waals surface area contributed by atoms with Gasteiger partial charge in [0.1, 0.15) is 0 Å². The van der Waals surface area contributed by atoms with Gasteiger partial charge in [-0.05, 0) is 44.4 Å². The Morgan fingerprint density at radius 1 is 1.29 bits per heavy atom. The average Bonchev–Trinajstić information content (AvgIpc) is 3.05. The summed E-state index contributed by atoms with van der Waals surface area (Å²) in [6.45, 7) is 5.71. The van der Waals surface area contributed by atoms with Crippen LogP contribution >= 0.6 is 0 Å². The van der Waals surface area contributed by atoms with Crippen LogP contribution in [0.3, 0.4) is 0 Å². The molecule has 0 saturated carbocycles. The van der Waals surface area contributed by atoms with E-state index in [1.54, 1.807) is 11.6 Å². The van der Waals surface area contributed by atoms with Gasteiger partial charge < -0.3 is 5.32 Å². The van der Waals surface area contributed by atoms with Crippen LogP contribution in [0.15, 0.2) is 24.4 Å². The van der Waals surface area contributed by atoms with Crippen molar-refractivity contribution in [2.75, 3.05) is 16.8 Å². The smallest absolute Gasteiger partial charge is 0.259 e. The Labute approximate surface area is 141 Å². The highest BCUT2D eigenvalue weighted by Gasteiger charge is 2.31. The summed E-state index contributed by atoms with van der Waals surface area (Å²) in [4.78, 5) is 12.6. The standard InChI is InChI=1S/C17H21N3O3S/c1-11-4-5-12(2)16(8-11)19-17(21)15-9-18-20(13(15)3)14-6-7-24(22,23)10-14/h4-5,8-9,14H,6-7,10H2,1-3H3,(H,19,21). The Hall–Kier alpha value is -2.15. The molecule has 1 fully saturated rings. The Morgan fingerprint density at radius 3 is 2.71 bits per heavy atom. The summed E-state index contributed by atoms with van der Waals surface area (Å²) in [5.74, 6) is 0.0439. The number of hydrogen-bond donors (Lipinski definition) is 1. The van der Waals surface area contributed by atoms with Crippen LogP contribution in [0.1, 0.15) is 39.6 Å². The predicted octanol–water partition coefficient (Wildman–Crippen LogP) is 2.42. The molecule has 128 valence electrons. The third kappa shape index (κ3) is 3.21. The molecule has 1 aliphatic rings. The van der Waals surface area contributed by atoms with Gasteiger partial charge in [-0.15, -0.1) is 0 Å². The molecule has 1 atom stereocenters. The van der Waals surface area contributed by atoms with Crippen LogP contribution < -0.4 is 5.32 Å². The Balaban J connectivity index is 1.83. The lowest BCUT2D eigenvalue weighted by molar-refractivity contribution is 0.102. The van der Waals surface area contributed by atoms with Crippen molar-refractivity contribution >= 4 is 21.4 Å². The maximum Gasteiger partial charge on any atom is 0.259 e. The molecule has 1 amide bonds. The Kier molecular flexibility index (Phi) is 4.21. The lowest BCUT2D eigenvalue weighted by Gasteiger charge is -2.12. The van der Waals surface area contributed by atoms with Gasteiger partial charge in [0.25, 0.3) is 5.91 Å². The first kappa shape index (κ1) is 16.7. The van der Waals surface area contributed by atoms with Crippen molar-refractivity contribution in [2.45, 2.75) is 33.2 Å². The van der Waals surface area contributed by atoms with Crippen LogP contribution in [0.5, 0.6) is 0 Å². The summed E-state index contributed by atoms with van der Waals surface area (Å²) in [7, 11) is -2.99. The highest BCUT2D eigenvalue weighted by Crippen LogP contribution is 2.26. The van der Waals surface area contributed by atoms with Crippen molar-refractivity contribution in [3.8, 4) is 0 Å². The number of rotatable bonds is 3. The number of nitrogens with zero attached hydrogens (tertiary/aromatic N) is 2. The second-order valence-electron chi connectivity index (χ2n) is 6.42. The van der Waals surface area contributed by atoms with Crippen LogP contribution in [0, 0.1) is 20.8 Å². The van der Waals surface area contributed by atoms with Crippen molar-refractivity contribution in [3.63, 3.8) is 0 Å². The highest BCUT2D eigenvalue weighted by molar-refractivity contribution is 7.91. The normalized spacial score (nSPS) is 19.4. The number of aromatic nitrogens is 2. The maximum absolute atomic E-state index is 12.6. The minimum absolute atomic E-state index is 0.0908. The van der Waals surface area contributed by atoms with E-state index in [9.17, 15) is 13.2 Å². The molecular weight excluding hydrogens is 326 g/mol. The van der Waals surface area contributed by atoms with Gasteiger partial charge >= 0.3 is 0 Å². The molecule has 1 aliphatic heterocycles. The van der Waals surface area contributed by atoms with Crippen LogP contribution in [-0.4, -0.2) is 35.6 Å². The molecule has 1 saturated heterocycles. The molecule has 6 nitrogen and oxygen atoms in total. The second-order valence-corrected chi connectivity index (χ2v) is 8.65. The predicted molar refractivity (Wildman–Crippen MR) is 93.1 cm³/mol. The first-order chi connectivity index (χ1) is 11.3. The number of anilines is 1. The molecule has 1 aromatic carbocycles. The molecule has 0 radical (unpaired) electrons. The molecule has 0 spiro atoms. The summed E-state index contributed by atoms with van der Waals surface area (Å²) in [6.07, 6.45) is 2.06. The highest BCUT2D eigenvalue weighted by atomic mass is 32.2. The van der Waals surface area contributed by atoms with Crippen LogP contribution in [0.2, 0.25) is 0 Å². The third-order valence-corrected chi connectivity index (χ3v) is 6.24. The number of hydrogen-bond acceptors (Lipinski definition) is 4. The van der Waals surface area contributed by atoms with E-state index in [0.717, 1.165) is 16.8 Å². The molecule has 7 heteroatoms. The van der Waals surface area contributed by atoms with Gasteiger partial charge in [0.2, 0.25) is 0 Å². The number of sulfone groups is 1. The van der Waals surface area contributed by atoms with E-state index in [-0.39, 0.29) is 23.5 Å². The van der Waals surface area contributed by atoms with Crippen LogP contribution in [-0.2, 0) is 9.84 Å². The van der Waals surface area contributed by atoms with Gasteiger partial charge in [-0.2, -0.15) is 5.10 Å². The number of nitrogens with one attached hydrogen (secondary N) is 1. The van der Waals surface area contributed by atoms with Crippen molar-refractivity contribution in [3.05, 3.63) is 46.8 Å². The van der Waals surface area contributed by atoms with Crippen LogP contribution in [0.4, 0.5) is 5.69 Å². The summed E-state index contributed by atoms with van der Waals surface area (Å²) in [6, 6.07) is 5.70. The van der Waals surface area contributed by atoms with Gasteiger partial charge in [0.15, 0.2) is 9.84 Å². The summed E-state index contributed by atoms with van der Waals surface area (Å²) < 4.78 is 25.0. The van der Waals surface area contributed by atoms with E-state index in [4.69, 9.17) is 0 Å².